The van der Waals surface area contributed by atoms with Crippen LogP contribution >= 0.6 is 15.9 Å². The number of hydrogen-bond donors (Lipinski definition) is 0. The number of halogens is 1. The molecule has 0 nitrogen and oxygen atoms in total. The van der Waals surface area contributed by atoms with Crippen molar-refractivity contribution in [1.82, 2.24) is 0 Å². The Balaban J connectivity index is 2.11. The molecule has 2 aromatic carbocycles. The third-order valence-corrected chi connectivity index (χ3v) is 8.29. The van der Waals surface area contributed by atoms with Crippen LogP contribution in [-0.2, 0) is 0 Å². The van der Waals surface area contributed by atoms with Gasteiger partial charge >= 0.3 is 137 Å². The predicted octanol–water partition coefficient (Wildman–Crippen LogP) is 3.06. The minimum absolute atomic E-state index is 0.440. The summed E-state index contributed by atoms with van der Waals surface area (Å²) in [4.78, 5) is 0. The van der Waals surface area contributed by atoms with Crippen LogP contribution < -0.4 is 8.92 Å². The Kier molecular flexibility index (Phi) is 6.43. The fourth-order valence-corrected chi connectivity index (χ4v) is 8.24. The van der Waals surface area contributed by atoms with E-state index >= 15 is 0 Å². The topological polar surface area (TPSA) is 0 Å². The van der Waals surface area contributed by atoms with Crippen LogP contribution in [0.3, 0.4) is 0 Å². The van der Waals surface area contributed by atoms with Crippen molar-refractivity contribution in [3.05, 3.63) is 68.5 Å². The fourth-order valence-electron chi connectivity index (χ4n) is 1.52. The SMILES string of the molecule is CCC=C([Se]c1ccccc1)[Se]c1cccc(Br)c1. The molecule has 0 radical (unpaired) electrons. The zero-order valence-corrected chi connectivity index (χ0v) is 15.7. The summed E-state index contributed by atoms with van der Waals surface area (Å²) in [5, 5.41) is 0. The average molecular weight is 445 g/mol. The van der Waals surface area contributed by atoms with Gasteiger partial charge in [-0.2, -0.15) is 0 Å². The van der Waals surface area contributed by atoms with E-state index in [1.54, 1.807) is 3.37 Å². The molecule has 0 amide bonds. The van der Waals surface area contributed by atoms with Crippen LogP contribution in [0.25, 0.3) is 0 Å². The third-order valence-electron chi connectivity index (χ3n) is 2.35. The Morgan fingerprint density at radius 3 is 2.37 bits per heavy atom. The first-order chi connectivity index (χ1) is 9.28. The summed E-state index contributed by atoms with van der Waals surface area (Å²) in [6.07, 6.45) is 3.54. The van der Waals surface area contributed by atoms with E-state index in [0.717, 1.165) is 6.42 Å². The zero-order chi connectivity index (χ0) is 13.5. The molecule has 0 saturated carbocycles. The van der Waals surface area contributed by atoms with Gasteiger partial charge in [-0.3, -0.25) is 0 Å². The van der Waals surface area contributed by atoms with Crippen LogP contribution in [0.15, 0.2) is 68.5 Å². The summed E-state index contributed by atoms with van der Waals surface area (Å²) in [6.45, 7) is 2.22. The van der Waals surface area contributed by atoms with Crippen molar-refractivity contribution in [2.45, 2.75) is 13.3 Å². The molecule has 2 aromatic rings. The van der Waals surface area contributed by atoms with Crippen molar-refractivity contribution >= 4 is 54.8 Å². The molecule has 0 aliphatic carbocycles. The Labute approximate surface area is 136 Å². The predicted molar refractivity (Wildman–Crippen MR) is 89.7 cm³/mol. The molecule has 0 spiro atoms. The van der Waals surface area contributed by atoms with Gasteiger partial charge in [0.05, 0.1) is 0 Å². The van der Waals surface area contributed by atoms with Crippen molar-refractivity contribution in [3.8, 4) is 0 Å². The van der Waals surface area contributed by atoms with Gasteiger partial charge in [0.15, 0.2) is 0 Å². The first-order valence-electron chi connectivity index (χ1n) is 6.14. The quantitative estimate of drug-likeness (QED) is 0.622. The van der Waals surface area contributed by atoms with E-state index in [4.69, 9.17) is 0 Å². The second-order valence-electron chi connectivity index (χ2n) is 3.91. The van der Waals surface area contributed by atoms with Crippen LogP contribution in [0.2, 0.25) is 0 Å². The van der Waals surface area contributed by atoms with Crippen LogP contribution in [0, 0.1) is 0 Å². The maximum atomic E-state index is 3.55. The molecule has 0 aliphatic heterocycles. The molecule has 0 saturated heterocycles. The van der Waals surface area contributed by atoms with E-state index in [0.29, 0.717) is 29.9 Å². The van der Waals surface area contributed by atoms with E-state index in [1.165, 1.54) is 13.4 Å². The summed E-state index contributed by atoms with van der Waals surface area (Å²) in [5.74, 6) is 0. The van der Waals surface area contributed by atoms with Gasteiger partial charge in [-0.1, -0.05) is 0 Å². The van der Waals surface area contributed by atoms with Gasteiger partial charge in [0.25, 0.3) is 0 Å². The molecule has 98 valence electrons. The molecule has 0 fully saturated rings. The molecule has 0 N–H and O–H groups in total. The number of rotatable bonds is 5. The Morgan fingerprint density at radius 1 is 1.00 bits per heavy atom. The second kappa shape index (κ2) is 8.09. The Bertz CT molecular complexity index is 550. The van der Waals surface area contributed by atoms with E-state index in [1.807, 2.05) is 0 Å². The van der Waals surface area contributed by atoms with Gasteiger partial charge in [-0.25, -0.2) is 0 Å². The number of hydrogen-bond acceptors (Lipinski definition) is 0. The van der Waals surface area contributed by atoms with E-state index in [2.05, 4.69) is 83.5 Å². The number of allylic oxidation sites excluding steroid dienone is 1. The molecule has 0 aromatic heterocycles. The summed E-state index contributed by atoms with van der Waals surface area (Å²) < 4.78 is 5.70. The summed E-state index contributed by atoms with van der Waals surface area (Å²) in [5.41, 5.74) is 0. The molecular weight excluding hydrogens is 430 g/mol. The summed E-state index contributed by atoms with van der Waals surface area (Å²) in [7, 11) is 0. The number of benzene rings is 2. The van der Waals surface area contributed by atoms with E-state index < -0.39 is 0 Å². The fraction of sp³-hybridized carbons (Fsp3) is 0.125. The van der Waals surface area contributed by atoms with Gasteiger partial charge in [0.2, 0.25) is 0 Å². The minimum atomic E-state index is 0.440. The summed E-state index contributed by atoms with van der Waals surface area (Å²) in [6, 6.07) is 19.5. The maximum absolute atomic E-state index is 3.55. The molecule has 3 heteroatoms. The van der Waals surface area contributed by atoms with Crippen LogP contribution in [-0.4, -0.2) is 29.9 Å². The summed E-state index contributed by atoms with van der Waals surface area (Å²) >= 11 is 4.45. The van der Waals surface area contributed by atoms with Crippen LogP contribution in [0.4, 0.5) is 0 Å². The standard InChI is InChI=1S/C16H15BrSe2/c1-2-7-16(18-14-9-4-3-5-10-14)19-15-11-6-8-13(17)12-15/h3-12H,2H2,1H3. The van der Waals surface area contributed by atoms with Crippen molar-refractivity contribution in [2.24, 2.45) is 0 Å². The Morgan fingerprint density at radius 2 is 1.68 bits per heavy atom. The van der Waals surface area contributed by atoms with Crippen molar-refractivity contribution < 1.29 is 0 Å². The first kappa shape index (κ1) is 15.1. The molecule has 0 heterocycles. The van der Waals surface area contributed by atoms with E-state index in [9.17, 15) is 0 Å². The van der Waals surface area contributed by atoms with Crippen molar-refractivity contribution in [1.29, 1.82) is 0 Å². The van der Waals surface area contributed by atoms with Crippen molar-refractivity contribution in [3.63, 3.8) is 0 Å². The molecule has 0 atom stereocenters. The normalized spacial score (nSPS) is 11.6. The van der Waals surface area contributed by atoms with Crippen LogP contribution in [0.1, 0.15) is 13.3 Å². The Hall–Kier alpha value is -0.301. The third kappa shape index (κ3) is 5.30. The zero-order valence-electron chi connectivity index (χ0n) is 10.7. The van der Waals surface area contributed by atoms with E-state index in [-0.39, 0.29) is 0 Å². The van der Waals surface area contributed by atoms with Gasteiger partial charge in [0.1, 0.15) is 0 Å². The molecule has 0 bridgehead atoms. The van der Waals surface area contributed by atoms with Crippen molar-refractivity contribution in [2.75, 3.05) is 0 Å². The van der Waals surface area contributed by atoms with Gasteiger partial charge in [-0.15, -0.1) is 0 Å². The molecule has 0 unspecified atom stereocenters. The molecule has 0 aliphatic rings. The monoisotopic (exact) mass is 446 g/mol. The van der Waals surface area contributed by atoms with Gasteiger partial charge in [0, 0.05) is 0 Å². The second-order valence-corrected chi connectivity index (χ2v) is 10.8. The molecular formula is C16H15BrSe2. The van der Waals surface area contributed by atoms with Crippen LogP contribution in [0.5, 0.6) is 0 Å². The molecule has 19 heavy (non-hydrogen) atoms. The van der Waals surface area contributed by atoms with Gasteiger partial charge < -0.3 is 0 Å². The van der Waals surface area contributed by atoms with Gasteiger partial charge in [-0.05, 0) is 0 Å². The first-order valence-corrected chi connectivity index (χ1v) is 10.4. The molecule has 2 rings (SSSR count). The average Bonchev–Trinajstić information content (AvgIpc) is 2.40.